The number of benzene rings is 1. The molecule has 3 aromatic heterocycles. The third-order valence-corrected chi connectivity index (χ3v) is 8.07. The summed E-state index contributed by atoms with van der Waals surface area (Å²) in [5.41, 5.74) is 1.44. The molecule has 1 fully saturated rings. The van der Waals surface area contributed by atoms with Gasteiger partial charge in [-0.1, -0.05) is 0 Å². The summed E-state index contributed by atoms with van der Waals surface area (Å²) in [6.45, 7) is 3.25. The monoisotopic (exact) mass is 481 g/mol. The predicted molar refractivity (Wildman–Crippen MR) is 131 cm³/mol. The van der Waals surface area contributed by atoms with Gasteiger partial charge in [-0.15, -0.1) is 22.7 Å². The number of ether oxygens (including phenoxy) is 2. The van der Waals surface area contributed by atoms with E-state index in [0.717, 1.165) is 31.6 Å². The van der Waals surface area contributed by atoms with Crippen molar-refractivity contribution in [3.8, 4) is 11.5 Å². The number of aromatic nitrogens is 1. The molecule has 1 saturated heterocycles. The van der Waals surface area contributed by atoms with Gasteiger partial charge in [0.05, 0.1) is 26.8 Å². The van der Waals surface area contributed by atoms with E-state index in [-0.39, 0.29) is 17.9 Å². The molecule has 1 N–H and O–H groups in total. The lowest BCUT2D eigenvalue weighted by Gasteiger charge is -2.14. The number of carbonyl (C=O) groups is 2. The quantitative estimate of drug-likeness (QED) is 0.442. The molecule has 1 aromatic carbocycles. The minimum atomic E-state index is -0.0890. The highest BCUT2D eigenvalue weighted by Gasteiger charge is 2.28. The summed E-state index contributed by atoms with van der Waals surface area (Å²) in [7, 11) is 3.32. The zero-order valence-corrected chi connectivity index (χ0v) is 20.1. The average Bonchev–Trinajstić information content (AvgIpc) is 3.54. The molecule has 4 aromatic rings. The first-order valence-electron chi connectivity index (χ1n) is 10.6. The second kappa shape index (κ2) is 8.74. The van der Waals surface area contributed by atoms with Crippen LogP contribution < -0.4 is 10.1 Å². The maximum absolute atomic E-state index is 13.0. The van der Waals surface area contributed by atoms with Crippen molar-refractivity contribution in [3.63, 3.8) is 0 Å². The normalized spacial score (nSPS) is 16.0. The molecule has 9 heteroatoms. The van der Waals surface area contributed by atoms with E-state index in [4.69, 9.17) is 9.47 Å². The van der Waals surface area contributed by atoms with Crippen molar-refractivity contribution in [3.05, 3.63) is 51.8 Å². The van der Waals surface area contributed by atoms with E-state index < -0.39 is 0 Å². The number of rotatable bonds is 5. The molecule has 2 amide bonds. The predicted octanol–water partition coefficient (Wildman–Crippen LogP) is 4.83. The van der Waals surface area contributed by atoms with Crippen LogP contribution in [0.25, 0.3) is 20.3 Å². The molecular formula is C24H23N3O4S2. The van der Waals surface area contributed by atoms with Crippen molar-refractivity contribution in [1.29, 1.82) is 0 Å². The molecule has 170 valence electrons. The first-order valence-corrected chi connectivity index (χ1v) is 12.3. The summed E-state index contributed by atoms with van der Waals surface area (Å²) >= 11 is 2.96. The molecule has 33 heavy (non-hydrogen) atoms. The number of amides is 2. The Kier molecular flexibility index (Phi) is 5.77. The molecule has 0 bridgehead atoms. The Hall–Kier alpha value is -3.01. The van der Waals surface area contributed by atoms with Crippen molar-refractivity contribution in [1.82, 2.24) is 15.2 Å². The molecule has 7 nitrogen and oxygen atoms in total. The number of carbonyl (C=O) groups excluding carboxylic acids is 2. The fraction of sp³-hybridized carbons (Fsp3) is 0.292. The standard InChI is InChI=1S/C24H23N3O4S2/c1-13-21(23(28)25-2)16-5-4-14(10-19(16)32-13)31-18-6-8-26-17-11-20(33-22(17)18)24(29)27-9-7-15(12-27)30-3/h4-6,8,10-11,15H,7,9,12H2,1-3H3,(H,25,28)/t15-/m0/s1. The number of methoxy groups -OCH3 is 1. The van der Waals surface area contributed by atoms with E-state index in [2.05, 4.69) is 10.3 Å². The lowest BCUT2D eigenvalue weighted by Crippen LogP contribution is -2.29. The number of hydrogen-bond donors (Lipinski definition) is 1. The first-order chi connectivity index (χ1) is 16.0. The van der Waals surface area contributed by atoms with Crippen LogP contribution in [0.15, 0.2) is 36.5 Å². The van der Waals surface area contributed by atoms with Crippen LogP contribution in [0.2, 0.25) is 0 Å². The second-order valence-electron chi connectivity index (χ2n) is 7.90. The van der Waals surface area contributed by atoms with Crippen LogP contribution in [0, 0.1) is 6.92 Å². The van der Waals surface area contributed by atoms with Crippen molar-refractivity contribution in [2.24, 2.45) is 0 Å². The maximum atomic E-state index is 13.0. The van der Waals surface area contributed by atoms with Crippen molar-refractivity contribution in [2.75, 3.05) is 27.2 Å². The minimum absolute atomic E-state index is 0.000658. The summed E-state index contributed by atoms with van der Waals surface area (Å²) in [4.78, 5) is 33.1. The fourth-order valence-electron chi connectivity index (χ4n) is 4.16. The van der Waals surface area contributed by atoms with Crippen LogP contribution >= 0.6 is 22.7 Å². The molecule has 5 rings (SSSR count). The van der Waals surface area contributed by atoms with E-state index >= 15 is 0 Å². The van der Waals surface area contributed by atoms with Gasteiger partial charge in [-0.25, -0.2) is 0 Å². The summed E-state index contributed by atoms with van der Waals surface area (Å²) in [5, 5.41) is 3.62. The molecule has 0 aliphatic carbocycles. The number of thiophene rings is 2. The zero-order chi connectivity index (χ0) is 23.1. The van der Waals surface area contributed by atoms with Gasteiger partial charge in [0.1, 0.15) is 11.5 Å². The third kappa shape index (κ3) is 3.96. The Balaban J connectivity index is 1.44. The summed E-state index contributed by atoms with van der Waals surface area (Å²) in [5.74, 6) is 1.23. The molecule has 1 aliphatic rings. The minimum Gasteiger partial charge on any atom is -0.456 e. The van der Waals surface area contributed by atoms with Gasteiger partial charge in [-0.2, -0.15) is 0 Å². The molecule has 0 spiro atoms. The van der Waals surface area contributed by atoms with Crippen molar-refractivity contribution < 1.29 is 19.1 Å². The van der Waals surface area contributed by atoms with Crippen LogP contribution in [0.1, 0.15) is 31.3 Å². The van der Waals surface area contributed by atoms with E-state index in [9.17, 15) is 9.59 Å². The highest BCUT2D eigenvalue weighted by atomic mass is 32.1. The Morgan fingerprint density at radius 1 is 1.21 bits per heavy atom. The van der Waals surface area contributed by atoms with E-state index in [0.29, 0.717) is 35.0 Å². The van der Waals surface area contributed by atoms with Crippen LogP contribution in [0.5, 0.6) is 11.5 Å². The Bertz CT molecular complexity index is 1380. The zero-order valence-electron chi connectivity index (χ0n) is 18.5. The van der Waals surface area contributed by atoms with Crippen LogP contribution in [0.4, 0.5) is 0 Å². The Labute approximate surface area is 198 Å². The Morgan fingerprint density at radius 3 is 2.82 bits per heavy atom. The maximum Gasteiger partial charge on any atom is 0.264 e. The van der Waals surface area contributed by atoms with Crippen molar-refractivity contribution >= 4 is 54.8 Å². The fourth-order valence-corrected chi connectivity index (χ4v) is 6.28. The van der Waals surface area contributed by atoms with Crippen LogP contribution in [-0.4, -0.2) is 55.0 Å². The number of pyridine rings is 1. The van der Waals surface area contributed by atoms with Gasteiger partial charge < -0.3 is 19.7 Å². The molecule has 0 radical (unpaired) electrons. The number of hydrogen-bond acceptors (Lipinski definition) is 7. The average molecular weight is 482 g/mol. The van der Waals surface area contributed by atoms with E-state index in [1.165, 1.54) is 11.3 Å². The lowest BCUT2D eigenvalue weighted by molar-refractivity contribution is 0.0728. The molecule has 1 atom stereocenters. The van der Waals surface area contributed by atoms with E-state index in [1.807, 2.05) is 42.2 Å². The highest BCUT2D eigenvalue weighted by molar-refractivity contribution is 7.21. The number of nitrogens with zero attached hydrogens (tertiary/aromatic N) is 2. The molecular weight excluding hydrogens is 458 g/mol. The SMILES string of the molecule is CNC(=O)c1c(C)sc2cc(Oc3ccnc4cc(C(=O)N5CC[C@H](OC)C5)sc34)ccc12. The highest BCUT2D eigenvalue weighted by Crippen LogP contribution is 2.38. The number of nitrogens with one attached hydrogen (secondary N) is 1. The largest absolute Gasteiger partial charge is 0.456 e. The summed E-state index contributed by atoms with van der Waals surface area (Å²) in [6.07, 6.45) is 2.64. The third-order valence-electron chi connectivity index (χ3n) is 5.87. The molecule has 4 heterocycles. The Morgan fingerprint density at radius 2 is 2.06 bits per heavy atom. The molecule has 0 unspecified atom stereocenters. The van der Waals surface area contributed by atoms with Gasteiger partial charge >= 0.3 is 0 Å². The first kappa shape index (κ1) is 21.8. The number of likely N-dealkylation sites (tertiary alicyclic amines) is 1. The molecule has 0 saturated carbocycles. The smallest absolute Gasteiger partial charge is 0.264 e. The topological polar surface area (TPSA) is 80.8 Å². The summed E-state index contributed by atoms with van der Waals surface area (Å²) in [6, 6.07) is 9.36. The van der Waals surface area contributed by atoms with Gasteiger partial charge in [0, 0.05) is 54.5 Å². The summed E-state index contributed by atoms with van der Waals surface area (Å²) < 4.78 is 13.4. The van der Waals surface area contributed by atoms with Gasteiger partial charge in [0.15, 0.2) is 0 Å². The number of fused-ring (bicyclic) bond motifs is 2. The lowest BCUT2D eigenvalue weighted by atomic mass is 10.1. The molecule has 1 aliphatic heterocycles. The van der Waals surface area contributed by atoms with Crippen molar-refractivity contribution in [2.45, 2.75) is 19.4 Å². The number of aryl methyl sites for hydroxylation is 1. The van der Waals surface area contributed by atoms with Gasteiger partial charge in [-0.3, -0.25) is 14.6 Å². The van der Waals surface area contributed by atoms with Gasteiger partial charge in [0.2, 0.25) is 0 Å². The van der Waals surface area contributed by atoms with E-state index in [1.54, 1.807) is 31.7 Å². The van der Waals surface area contributed by atoms with Crippen LogP contribution in [-0.2, 0) is 4.74 Å². The van der Waals surface area contributed by atoms with Gasteiger partial charge in [0.25, 0.3) is 11.8 Å². The van der Waals surface area contributed by atoms with Crippen LogP contribution in [0.3, 0.4) is 0 Å². The second-order valence-corrected chi connectivity index (χ2v) is 10.2. The van der Waals surface area contributed by atoms with Gasteiger partial charge in [-0.05, 0) is 37.6 Å².